The lowest BCUT2D eigenvalue weighted by Crippen LogP contribution is -2.33. The Balaban J connectivity index is 2.80. The SMILES string of the molecule is CNC(c1cccnc1)C(C)N. The van der Waals surface area contributed by atoms with Crippen molar-refractivity contribution >= 4 is 0 Å². The van der Waals surface area contributed by atoms with Crippen LogP contribution in [-0.2, 0) is 0 Å². The predicted molar refractivity (Wildman–Crippen MR) is 49.7 cm³/mol. The van der Waals surface area contributed by atoms with Crippen molar-refractivity contribution in [2.45, 2.75) is 19.0 Å². The van der Waals surface area contributed by atoms with Crippen LogP contribution in [0.3, 0.4) is 0 Å². The molecule has 0 radical (unpaired) electrons. The van der Waals surface area contributed by atoms with Crippen LogP contribution in [0.1, 0.15) is 18.5 Å². The standard InChI is InChI=1S/C9H15N3/c1-7(10)9(11-2)8-4-3-5-12-6-8/h3-7,9,11H,10H2,1-2H3. The van der Waals surface area contributed by atoms with Crippen LogP contribution in [-0.4, -0.2) is 18.1 Å². The van der Waals surface area contributed by atoms with Gasteiger partial charge in [0.25, 0.3) is 0 Å². The molecule has 0 saturated heterocycles. The summed E-state index contributed by atoms with van der Waals surface area (Å²) in [4.78, 5) is 4.04. The molecule has 0 aliphatic carbocycles. The van der Waals surface area contributed by atoms with E-state index < -0.39 is 0 Å². The van der Waals surface area contributed by atoms with Crippen LogP contribution in [0.2, 0.25) is 0 Å². The number of pyridine rings is 1. The van der Waals surface area contributed by atoms with Crippen LogP contribution >= 0.6 is 0 Å². The van der Waals surface area contributed by atoms with Crippen LogP contribution in [0.4, 0.5) is 0 Å². The minimum atomic E-state index is 0.0965. The first-order valence-electron chi connectivity index (χ1n) is 4.08. The first kappa shape index (κ1) is 9.16. The lowest BCUT2D eigenvalue weighted by molar-refractivity contribution is 0.502. The Hall–Kier alpha value is -0.930. The van der Waals surface area contributed by atoms with Crippen molar-refractivity contribution in [3.63, 3.8) is 0 Å². The third kappa shape index (κ3) is 2.03. The molecular weight excluding hydrogens is 150 g/mol. The zero-order valence-corrected chi connectivity index (χ0v) is 7.49. The third-order valence-electron chi connectivity index (χ3n) is 1.88. The van der Waals surface area contributed by atoms with Crippen LogP contribution in [0.15, 0.2) is 24.5 Å². The van der Waals surface area contributed by atoms with Gasteiger partial charge in [-0.05, 0) is 25.6 Å². The second-order valence-corrected chi connectivity index (χ2v) is 2.91. The normalized spacial score (nSPS) is 15.6. The van der Waals surface area contributed by atoms with Gasteiger partial charge in [-0.2, -0.15) is 0 Å². The highest BCUT2D eigenvalue weighted by Gasteiger charge is 2.12. The van der Waals surface area contributed by atoms with Gasteiger partial charge in [0.1, 0.15) is 0 Å². The molecule has 0 saturated carbocycles. The van der Waals surface area contributed by atoms with Gasteiger partial charge in [-0.15, -0.1) is 0 Å². The van der Waals surface area contributed by atoms with E-state index >= 15 is 0 Å². The molecule has 2 atom stereocenters. The van der Waals surface area contributed by atoms with E-state index in [9.17, 15) is 0 Å². The highest BCUT2D eigenvalue weighted by Crippen LogP contribution is 2.12. The highest BCUT2D eigenvalue weighted by molar-refractivity contribution is 5.15. The quantitative estimate of drug-likeness (QED) is 0.692. The maximum absolute atomic E-state index is 5.79. The van der Waals surface area contributed by atoms with Gasteiger partial charge in [0.2, 0.25) is 0 Å². The van der Waals surface area contributed by atoms with Crippen molar-refractivity contribution in [2.75, 3.05) is 7.05 Å². The number of aromatic nitrogens is 1. The fourth-order valence-corrected chi connectivity index (χ4v) is 1.29. The first-order valence-corrected chi connectivity index (χ1v) is 4.08. The van der Waals surface area contributed by atoms with Gasteiger partial charge in [-0.1, -0.05) is 6.07 Å². The van der Waals surface area contributed by atoms with Crippen LogP contribution in [0.5, 0.6) is 0 Å². The van der Waals surface area contributed by atoms with E-state index in [4.69, 9.17) is 5.73 Å². The van der Waals surface area contributed by atoms with Crippen molar-refractivity contribution in [2.24, 2.45) is 5.73 Å². The number of rotatable bonds is 3. The molecule has 0 aliphatic rings. The van der Waals surface area contributed by atoms with Crippen molar-refractivity contribution in [1.29, 1.82) is 0 Å². The van der Waals surface area contributed by atoms with E-state index in [0.29, 0.717) is 0 Å². The minimum absolute atomic E-state index is 0.0965. The molecule has 1 rings (SSSR count). The van der Waals surface area contributed by atoms with Crippen molar-refractivity contribution in [3.05, 3.63) is 30.1 Å². The molecule has 3 heteroatoms. The van der Waals surface area contributed by atoms with Gasteiger partial charge >= 0.3 is 0 Å². The van der Waals surface area contributed by atoms with Crippen molar-refractivity contribution < 1.29 is 0 Å². The summed E-state index contributed by atoms with van der Waals surface area (Å²) in [6, 6.07) is 4.23. The molecule has 0 spiro atoms. The Morgan fingerprint density at radius 1 is 1.58 bits per heavy atom. The van der Waals surface area contributed by atoms with Crippen molar-refractivity contribution in [3.8, 4) is 0 Å². The summed E-state index contributed by atoms with van der Waals surface area (Å²) in [5, 5.41) is 3.15. The Morgan fingerprint density at radius 3 is 2.75 bits per heavy atom. The molecule has 0 bridgehead atoms. The van der Waals surface area contributed by atoms with E-state index in [1.54, 1.807) is 6.20 Å². The summed E-state index contributed by atoms with van der Waals surface area (Å²) in [7, 11) is 1.90. The van der Waals surface area contributed by atoms with Gasteiger partial charge in [0.15, 0.2) is 0 Å². The largest absolute Gasteiger partial charge is 0.326 e. The maximum Gasteiger partial charge on any atom is 0.0483 e. The molecule has 2 unspecified atom stereocenters. The number of likely N-dealkylation sites (N-methyl/N-ethyl adjacent to an activating group) is 1. The zero-order valence-electron chi connectivity index (χ0n) is 7.49. The fraction of sp³-hybridized carbons (Fsp3) is 0.444. The molecule has 3 N–H and O–H groups in total. The molecule has 0 aromatic carbocycles. The molecule has 1 aromatic heterocycles. The molecule has 1 heterocycles. The third-order valence-corrected chi connectivity index (χ3v) is 1.88. The van der Waals surface area contributed by atoms with Crippen LogP contribution in [0, 0.1) is 0 Å². The molecule has 66 valence electrons. The van der Waals surface area contributed by atoms with E-state index in [2.05, 4.69) is 10.3 Å². The molecule has 0 amide bonds. The second-order valence-electron chi connectivity index (χ2n) is 2.91. The van der Waals surface area contributed by atoms with Crippen molar-refractivity contribution in [1.82, 2.24) is 10.3 Å². The lowest BCUT2D eigenvalue weighted by Gasteiger charge is -2.19. The van der Waals surface area contributed by atoms with Gasteiger partial charge in [0, 0.05) is 24.5 Å². The average Bonchev–Trinajstić information content (AvgIpc) is 2.07. The number of nitrogens with one attached hydrogen (secondary N) is 1. The molecule has 0 aliphatic heterocycles. The van der Waals surface area contributed by atoms with E-state index in [-0.39, 0.29) is 12.1 Å². The van der Waals surface area contributed by atoms with Gasteiger partial charge in [0.05, 0.1) is 0 Å². The van der Waals surface area contributed by atoms with Crippen LogP contribution in [0.25, 0.3) is 0 Å². The fourth-order valence-electron chi connectivity index (χ4n) is 1.29. The number of nitrogens with two attached hydrogens (primary N) is 1. The first-order chi connectivity index (χ1) is 5.75. The number of nitrogens with zero attached hydrogens (tertiary/aromatic N) is 1. The average molecular weight is 165 g/mol. The van der Waals surface area contributed by atoms with E-state index in [1.165, 1.54) is 0 Å². The summed E-state index contributed by atoms with van der Waals surface area (Å²) >= 11 is 0. The minimum Gasteiger partial charge on any atom is -0.326 e. The molecule has 1 aromatic rings. The van der Waals surface area contributed by atoms with Gasteiger partial charge < -0.3 is 11.1 Å². The maximum atomic E-state index is 5.79. The van der Waals surface area contributed by atoms with Gasteiger partial charge in [-0.25, -0.2) is 0 Å². The van der Waals surface area contributed by atoms with E-state index in [0.717, 1.165) is 5.56 Å². The molecule has 0 fully saturated rings. The Morgan fingerprint density at radius 2 is 2.33 bits per heavy atom. The summed E-state index contributed by atoms with van der Waals surface area (Å²) in [6.45, 7) is 1.98. The molecule has 3 nitrogen and oxygen atoms in total. The monoisotopic (exact) mass is 165 g/mol. The summed E-state index contributed by atoms with van der Waals surface area (Å²) in [6.07, 6.45) is 3.60. The highest BCUT2D eigenvalue weighted by atomic mass is 14.9. The van der Waals surface area contributed by atoms with E-state index in [1.807, 2.05) is 32.3 Å². The summed E-state index contributed by atoms with van der Waals surface area (Å²) in [5.41, 5.74) is 6.92. The zero-order chi connectivity index (χ0) is 8.97. The predicted octanol–water partition coefficient (Wildman–Crippen LogP) is 0.689. The summed E-state index contributed by atoms with van der Waals surface area (Å²) in [5.74, 6) is 0. The molecular formula is C9H15N3. The molecule has 12 heavy (non-hydrogen) atoms. The Labute approximate surface area is 73.0 Å². The lowest BCUT2D eigenvalue weighted by atomic mass is 10.0. The smallest absolute Gasteiger partial charge is 0.0483 e. The second kappa shape index (κ2) is 4.18. The topological polar surface area (TPSA) is 50.9 Å². The number of hydrogen-bond donors (Lipinski definition) is 2. The Kier molecular flexibility index (Phi) is 3.19. The number of hydrogen-bond acceptors (Lipinski definition) is 3. The van der Waals surface area contributed by atoms with Crippen LogP contribution < -0.4 is 11.1 Å². The Bertz CT molecular complexity index is 220. The van der Waals surface area contributed by atoms with Gasteiger partial charge in [-0.3, -0.25) is 4.98 Å². The summed E-state index contributed by atoms with van der Waals surface area (Å²) < 4.78 is 0.